The lowest BCUT2D eigenvalue weighted by Crippen LogP contribution is -2.39. The Hall–Kier alpha value is -1.17. The minimum Gasteiger partial charge on any atom is -0.511 e. The molecule has 0 saturated carbocycles. The molecule has 1 spiro atoms. The summed E-state index contributed by atoms with van der Waals surface area (Å²) in [5.41, 5.74) is 3.01. The van der Waals surface area contributed by atoms with Gasteiger partial charge in [0.05, 0.1) is 12.7 Å². The summed E-state index contributed by atoms with van der Waals surface area (Å²) in [5.74, 6) is 0.334. The van der Waals surface area contributed by atoms with Crippen molar-refractivity contribution in [2.75, 3.05) is 20.2 Å². The largest absolute Gasteiger partial charge is 0.511 e. The van der Waals surface area contributed by atoms with Gasteiger partial charge in [-0.15, -0.1) is 0 Å². The summed E-state index contributed by atoms with van der Waals surface area (Å²) >= 11 is 3.53. The van der Waals surface area contributed by atoms with Crippen molar-refractivity contribution in [2.24, 2.45) is 5.41 Å². The SMILES string of the molecule is CON1CCC2(CC1)CC(=O)C(c1c(C)ccc(Br)c1C)=C2O. The third-order valence-corrected chi connectivity index (χ3v) is 6.17. The van der Waals surface area contributed by atoms with Crippen molar-refractivity contribution in [3.63, 3.8) is 0 Å². The van der Waals surface area contributed by atoms with Crippen molar-refractivity contribution in [2.45, 2.75) is 33.1 Å². The molecule has 0 unspecified atom stereocenters. The van der Waals surface area contributed by atoms with Crippen LogP contribution in [0.5, 0.6) is 0 Å². The van der Waals surface area contributed by atoms with Gasteiger partial charge in [-0.3, -0.25) is 4.79 Å². The normalized spacial score (nSPS) is 21.5. The van der Waals surface area contributed by atoms with E-state index in [-0.39, 0.29) is 11.5 Å². The number of Topliss-reactive ketones (excluding diaryl/α,β-unsaturated/α-hetero) is 1. The summed E-state index contributed by atoms with van der Waals surface area (Å²) < 4.78 is 0.960. The van der Waals surface area contributed by atoms with Crippen LogP contribution < -0.4 is 0 Å². The maximum atomic E-state index is 12.7. The van der Waals surface area contributed by atoms with Gasteiger partial charge in [-0.2, -0.15) is 5.06 Å². The van der Waals surface area contributed by atoms with Crippen LogP contribution in [-0.2, 0) is 9.63 Å². The van der Waals surface area contributed by atoms with Crippen LogP contribution in [0.2, 0.25) is 0 Å². The molecule has 5 heteroatoms. The Morgan fingerprint density at radius 2 is 1.91 bits per heavy atom. The molecule has 1 saturated heterocycles. The summed E-state index contributed by atoms with van der Waals surface area (Å²) in [6, 6.07) is 3.97. The minimum absolute atomic E-state index is 0.0534. The first-order valence-electron chi connectivity index (χ1n) is 7.91. The maximum absolute atomic E-state index is 12.7. The summed E-state index contributed by atoms with van der Waals surface area (Å²) in [4.78, 5) is 18.0. The number of benzene rings is 1. The second-order valence-electron chi connectivity index (χ2n) is 6.58. The fourth-order valence-corrected chi connectivity index (χ4v) is 4.18. The average Bonchev–Trinajstić information content (AvgIpc) is 2.77. The van der Waals surface area contributed by atoms with Crippen LogP contribution in [0.1, 0.15) is 36.0 Å². The lowest BCUT2D eigenvalue weighted by molar-refractivity contribution is -0.158. The van der Waals surface area contributed by atoms with Crippen molar-refractivity contribution in [1.82, 2.24) is 5.06 Å². The molecule has 0 radical (unpaired) electrons. The predicted molar refractivity (Wildman–Crippen MR) is 93.0 cm³/mol. The first kappa shape index (κ1) is 16.7. The van der Waals surface area contributed by atoms with Crippen LogP contribution in [0, 0.1) is 19.3 Å². The monoisotopic (exact) mass is 379 g/mol. The fraction of sp³-hybridized carbons (Fsp3) is 0.500. The van der Waals surface area contributed by atoms with Gasteiger partial charge in [-0.05, 0) is 49.4 Å². The van der Waals surface area contributed by atoms with Crippen molar-refractivity contribution in [3.05, 3.63) is 39.1 Å². The molecular formula is C18H22BrNO3. The van der Waals surface area contributed by atoms with Gasteiger partial charge in [-0.1, -0.05) is 22.0 Å². The standard InChI is InChI=1S/C18H22BrNO3/c1-11-4-5-13(19)12(2)15(11)16-14(21)10-18(17(16)22)6-8-20(23-3)9-7-18/h4-5,22H,6-10H2,1-3H3. The quantitative estimate of drug-likeness (QED) is 0.844. The van der Waals surface area contributed by atoms with E-state index in [1.807, 2.05) is 31.0 Å². The van der Waals surface area contributed by atoms with Crippen LogP contribution in [0.15, 0.2) is 22.4 Å². The number of carbonyl (C=O) groups is 1. The van der Waals surface area contributed by atoms with Crippen LogP contribution in [-0.4, -0.2) is 36.2 Å². The van der Waals surface area contributed by atoms with Gasteiger partial charge >= 0.3 is 0 Å². The van der Waals surface area contributed by atoms with Crippen LogP contribution in [0.4, 0.5) is 0 Å². The maximum Gasteiger partial charge on any atom is 0.167 e. The number of halogens is 1. The number of nitrogens with zero attached hydrogens (tertiary/aromatic N) is 1. The molecular weight excluding hydrogens is 358 g/mol. The lowest BCUT2D eigenvalue weighted by atomic mass is 9.77. The highest BCUT2D eigenvalue weighted by molar-refractivity contribution is 9.10. The number of hydrogen-bond acceptors (Lipinski definition) is 4. The Kier molecular flexibility index (Phi) is 4.38. The van der Waals surface area contributed by atoms with E-state index < -0.39 is 5.41 Å². The molecule has 23 heavy (non-hydrogen) atoms. The molecule has 1 aliphatic carbocycles. The van der Waals surface area contributed by atoms with E-state index in [0.29, 0.717) is 12.0 Å². The molecule has 2 aliphatic rings. The van der Waals surface area contributed by atoms with Crippen LogP contribution in [0.25, 0.3) is 5.57 Å². The number of carbonyl (C=O) groups excluding carboxylic acids is 1. The molecule has 1 aromatic carbocycles. The number of rotatable bonds is 2. The van der Waals surface area contributed by atoms with Crippen molar-refractivity contribution < 1.29 is 14.7 Å². The number of aliphatic hydroxyl groups excluding tert-OH is 1. The highest BCUT2D eigenvalue weighted by atomic mass is 79.9. The first-order valence-corrected chi connectivity index (χ1v) is 8.71. The van der Waals surface area contributed by atoms with Crippen molar-refractivity contribution in [1.29, 1.82) is 0 Å². The molecule has 4 nitrogen and oxygen atoms in total. The van der Waals surface area contributed by atoms with Crippen LogP contribution >= 0.6 is 15.9 Å². The highest BCUT2D eigenvalue weighted by Crippen LogP contribution is 2.51. The zero-order valence-corrected chi connectivity index (χ0v) is 15.4. The molecule has 0 atom stereocenters. The third-order valence-electron chi connectivity index (χ3n) is 5.31. The van der Waals surface area contributed by atoms with Gasteiger partial charge in [0.2, 0.25) is 0 Å². The van der Waals surface area contributed by atoms with Gasteiger partial charge < -0.3 is 9.94 Å². The van der Waals surface area contributed by atoms with E-state index in [1.165, 1.54) is 0 Å². The summed E-state index contributed by atoms with van der Waals surface area (Å²) in [5, 5.41) is 12.9. The van der Waals surface area contributed by atoms with Crippen LogP contribution in [0.3, 0.4) is 0 Å². The van der Waals surface area contributed by atoms with Gasteiger partial charge in [0.15, 0.2) is 5.78 Å². The van der Waals surface area contributed by atoms with Gasteiger partial charge in [0, 0.05) is 29.4 Å². The zero-order valence-electron chi connectivity index (χ0n) is 13.8. The fourth-order valence-electron chi connectivity index (χ4n) is 3.85. The average molecular weight is 380 g/mol. The molecule has 0 bridgehead atoms. The Labute approximate surface area is 145 Å². The summed E-state index contributed by atoms with van der Waals surface area (Å²) in [7, 11) is 1.66. The summed E-state index contributed by atoms with van der Waals surface area (Å²) in [6.07, 6.45) is 1.89. The second-order valence-corrected chi connectivity index (χ2v) is 7.43. The number of piperidine rings is 1. The van der Waals surface area contributed by atoms with Crippen molar-refractivity contribution >= 4 is 27.3 Å². The molecule has 0 amide bonds. The van der Waals surface area contributed by atoms with Gasteiger partial charge in [0.1, 0.15) is 5.76 Å². The number of hydroxylamine groups is 2. The first-order chi connectivity index (χ1) is 10.9. The van der Waals surface area contributed by atoms with E-state index in [2.05, 4.69) is 15.9 Å². The summed E-state index contributed by atoms with van der Waals surface area (Å²) in [6.45, 7) is 5.44. The smallest absolute Gasteiger partial charge is 0.167 e. The minimum atomic E-state index is -0.414. The second kappa shape index (κ2) is 6.04. The molecule has 1 N–H and O–H groups in total. The molecule has 3 rings (SSSR count). The van der Waals surface area contributed by atoms with Gasteiger partial charge in [-0.25, -0.2) is 0 Å². The molecule has 1 heterocycles. The number of hydrogen-bond donors (Lipinski definition) is 1. The van der Waals surface area contributed by atoms with E-state index >= 15 is 0 Å². The van der Waals surface area contributed by atoms with Crippen molar-refractivity contribution in [3.8, 4) is 0 Å². The number of aliphatic hydroxyl groups is 1. The molecule has 124 valence electrons. The van der Waals surface area contributed by atoms with E-state index in [1.54, 1.807) is 7.11 Å². The Bertz CT molecular complexity index is 688. The topological polar surface area (TPSA) is 49.8 Å². The molecule has 1 fully saturated rings. The van der Waals surface area contributed by atoms with E-state index in [9.17, 15) is 9.90 Å². The Morgan fingerprint density at radius 1 is 1.26 bits per heavy atom. The highest BCUT2D eigenvalue weighted by Gasteiger charge is 2.48. The molecule has 0 aromatic heterocycles. The molecule has 1 aromatic rings. The number of aryl methyl sites for hydroxylation is 1. The van der Waals surface area contributed by atoms with E-state index in [4.69, 9.17) is 4.84 Å². The predicted octanol–water partition coefficient (Wildman–Crippen LogP) is 3.95. The third kappa shape index (κ3) is 2.65. The number of ketones is 1. The molecule has 1 aliphatic heterocycles. The zero-order chi connectivity index (χ0) is 16.8. The Morgan fingerprint density at radius 3 is 2.52 bits per heavy atom. The Balaban J connectivity index is 2.06. The van der Waals surface area contributed by atoms with Gasteiger partial charge in [0.25, 0.3) is 0 Å². The number of allylic oxidation sites excluding steroid dienone is 2. The van der Waals surface area contributed by atoms with E-state index in [0.717, 1.165) is 47.1 Å². The lowest BCUT2D eigenvalue weighted by Gasteiger charge is -2.37.